The van der Waals surface area contributed by atoms with Gasteiger partial charge >= 0.3 is 0 Å². The van der Waals surface area contributed by atoms with Crippen molar-refractivity contribution in [3.63, 3.8) is 0 Å². The summed E-state index contributed by atoms with van der Waals surface area (Å²) in [5.74, 6) is 0. The minimum Gasteiger partial charge on any atom is -0.314 e. The summed E-state index contributed by atoms with van der Waals surface area (Å²) in [7, 11) is 2.06. The molecule has 0 aromatic carbocycles. The van der Waals surface area contributed by atoms with E-state index in [4.69, 9.17) is 0 Å². The van der Waals surface area contributed by atoms with Crippen LogP contribution in [-0.4, -0.2) is 22.4 Å². The van der Waals surface area contributed by atoms with Gasteiger partial charge in [0.15, 0.2) is 0 Å². The van der Waals surface area contributed by atoms with Crippen molar-refractivity contribution >= 4 is 0 Å². The molecule has 15 heavy (non-hydrogen) atoms. The number of nitrogens with zero attached hydrogens (tertiary/aromatic N) is 2. The van der Waals surface area contributed by atoms with Gasteiger partial charge in [-0.2, -0.15) is 5.10 Å². The highest BCUT2D eigenvalue weighted by molar-refractivity contribution is 5.16. The lowest BCUT2D eigenvalue weighted by atomic mass is 10.1. The van der Waals surface area contributed by atoms with Gasteiger partial charge in [0.1, 0.15) is 0 Å². The monoisotopic (exact) mass is 207 g/mol. The van der Waals surface area contributed by atoms with Crippen molar-refractivity contribution in [2.75, 3.05) is 7.05 Å². The predicted molar refractivity (Wildman–Crippen MR) is 62.0 cm³/mol. The molecule has 1 aliphatic rings. The number of likely N-dealkylation sites (N-methyl/N-ethyl adjacent to an activating group) is 1. The topological polar surface area (TPSA) is 29.9 Å². The van der Waals surface area contributed by atoms with Gasteiger partial charge in [0.2, 0.25) is 0 Å². The largest absolute Gasteiger partial charge is 0.314 e. The van der Waals surface area contributed by atoms with E-state index in [0.29, 0.717) is 5.54 Å². The van der Waals surface area contributed by atoms with Crippen molar-refractivity contribution < 1.29 is 0 Å². The summed E-state index contributed by atoms with van der Waals surface area (Å²) < 4.78 is 2.05. The predicted octanol–water partition coefficient (Wildman–Crippen LogP) is 1.93. The molecular weight excluding hydrogens is 186 g/mol. The van der Waals surface area contributed by atoms with E-state index < -0.39 is 0 Å². The van der Waals surface area contributed by atoms with E-state index in [2.05, 4.69) is 44.4 Å². The van der Waals surface area contributed by atoms with Gasteiger partial charge in [-0.25, -0.2) is 0 Å². The normalized spacial score (nSPS) is 19.2. The molecule has 0 amide bonds. The van der Waals surface area contributed by atoms with Gasteiger partial charge in [-0.05, 0) is 52.6 Å². The molecule has 1 aromatic rings. The highest BCUT2D eigenvalue weighted by atomic mass is 15.3. The molecule has 0 atom stereocenters. The smallest absolute Gasteiger partial charge is 0.0543 e. The zero-order chi connectivity index (χ0) is 11.1. The highest BCUT2D eigenvalue weighted by Crippen LogP contribution is 2.38. The summed E-state index contributed by atoms with van der Waals surface area (Å²) in [6.45, 7) is 6.53. The molecule has 1 fully saturated rings. The summed E-state index contributed by atoms with van der Waals surface area (Å²) in [5.41, 5.74) is 1.82. The maximum Gasteiger partial charge on any atom is 0.0543 e. The molecule has 1 N–H and O–H groups in total. The maximum absolute atomic E-state index is 4.42. The molecule has 3 nitrogen and oxygen atoms in total. The SMILES string of the molecule is CNC1(Cc2cnn(C(C)(C)C)c2)CC1. The van der Waals surface area contributed by atoms with E-state index in [0.717, 1.165) is 6.42 Å². The first-order valence-corrected chi connectivity index (χ1v) is 5.68. The van der Waals surface area contributed by atoms with Crippen molar-refractivity contribution in [1.82, 2.24) is 15.1 Å². The molecule has 1 saturated carbocycles. The van der Waals surface area contributed by atoms with Gasteiger partial charge in [-0.3, -0.25) is 4.68 Å². The first-order chi connectivity index (χ1) is 6.95. The first kappa shape index (κ1) is 10.7. The molecule has 3 heteroatoms. The lowest BCUT2D eigenvalue weighted by molar-refractivity contribution is 0.355. The fraction of sp³-hybridized carbons (Fsp3) is 0.750. The van der Waals surface area contributed by atoms with Crippen molar-refractivity contribution in [2.24, 2.45) is 0 Å². The molecule has 0 saturated heterocycles. The average molecular weight is 207 g/mol. The van der Waals surface area contributed by atoms with Gasteiger partial charge < -0.3 is 5.32 Å². The van der Waals surface area contributed by atoms with Crippen LogP contribution in [0.2, 0.25) is 0 Å². The molecule has 0 unspecified atom stereocenters. The Morgan fingerprint density at radius 2 is 2.13 bits per heavy atom. The average Bonchev–Trinajstić information content (AvgIpc) is 2.73. The summed E-state index contributed by atoms with van der Waals surface area (Å²) in [6, 6.07) is 0. The summed E-state index contributed by atoms with van der Waals surface area (Å²) >= 11 is 0. The van der Waals surface area contributed by atoms with Crippen LogP contribution < -0.4 is 5.32 Å². The van der Waals surface area contributed by atoms with Crippen LogP contribution in [0.1, 0.15) is 39.2 Å². The number of hydrogen-bond donors (Lipinski definition) is 1. The van der Waals surface area contributed by atoms with Crippen LogP contribution in [0.25, 0.3) is 0 Å². The third kappa shape index (κ3) is 2.23. The molecule has 0 spiro atoms. The van der Waals surface area contributed by atoms with E-state index in [1.165, 1.54) is 18.4 Å². The minimum absolute atomic E-state index is 0.0919. The van der Waals surface area contributed by atoms with Crippen LogP contribution in [0.4, 0.5) is 0 Å². The zero-order valence-electron chi connectivity index (χ0n) is 10.2. The second-order valence-corrected chi connectivity index (χ2v) is 5.67. The summed E-state index contributed by atoms with van der Waals surface area (Å²) in [5, 5.41) is 7.83. The van der Waals surface area contributed by atoms with Gasteiger partial charge in [0.25, 0.3) is 0 Å². The molecule has 2 rings (SSSR count). The fourth-order valence-corrected chi connectivity index (χ4v) is 1.88. The Hall–Kier alpha value is -0.830. The Bertz CT molecular complexity index is 342. The second-order valence-electron chi connectivity index (χ2n) is 5.67. The standard InChI is InChI=1S/C12H21N3/c1-11(2,3)15-9-10(8-14-15)7-12(13-4)5-6-12/h8-9,13H,5-7H2,1-4H3. The summed E-state index contributed by atoms with van der Waals surface area (Å²) in [4.78, 5) is 0. The van der Waals surface area contributed by atoms with E-state index in [1.807, 2.05) is 10.9 Å². The number of aromatic nitrogens is 2. The molecule has 1 aromatic heterocycles. The molecule has 1 aliphatic carbocycles. The third-order valence-electron chi connectivity index (χ3n) is 3.25. The van der Waals surface area contributed by atoms with Crippen molar-refractivity contribution in [1.29, 1.82) is 0 Å². The van der Waals surface area contributed by atoms with Crippen molar-refractivity contribution in [3.8, 4) is 0 Å². The van der Waals surface area contributed by atoms with Crippen LogP contribution in [0.3, 0.4) is 0 Å². The Morgan fingerprint density at radius 1 is 1.47 bits per heavy atom. The number of hydrogen-bond acceptors (Lipinski definition) is 2. The van der Waals surface area contributed by atoms with Crippen molar-refractivity contribution in [3.05, 3.63) is 18.0 Å². The molecular formula is C12H21N3. The Morgan fingerprint density at radius 3 is 2.53 bits per heavy atom. The Kier molecular flexibility index (Phi) is 2.38. The lowest BCUT2D eigenvalue weighted by Gasteiger charge is -2.19. The zero-order valence-corrected chi connectivity index (χ0v) is 10.2. The van der Waals surface area contributed by atoms with Gasteiger partial charge in [-0.15, -0.1) is 0 Å². The summed E-state index contributed by atoms with van der Waals surface area (Å²) in [6.07, 6.45) is 7.88. The highest BCUT2D eigenvalue weighted by Gasteiger charge is 2.41. The van der Waals surface area contributed by atoms with Crippen LogP contribution >= 0.6 is 0 Å². The number of nitrogens with one attached hydrogen (secondary N) is 1. The van der Waals surface area contributed by atoms with Crippen LogP contribution in [0, 0.1) is 0 Å². The molecule has 0 aliphatic heterocycles. The van der Waals surface area contributed by atoms with E-state index in [9.17, 15) is 0 Å². The van der Waals surface area contributed by atoms with Gasteiger partial charge in [0, 0.05) is 11.7 Å². The Labute approximate surface area is 91.9 Å². The van der Waals surface area contributed by atoms with E-state index >= 15 is 0 Å². The van der Waals surface area contributed by atoms with E-state index in [1.54, 1.807) is 0 Å². The molecule has 84 valence electrons. The lowest BCUT2D eigenvalue weighted by Crippen LogP contribution is -2.29. The maximum atomic E-state index is 4.42. The molecule has 1 heterocycles. The number of rotatable bonds is 3. The second kappa shape index (κ2) is 3.34. The molecule has 0 radical (unpaired) electrons. The van der Waals surface area contributed by atoms with Gasteiger partial charge in [-0.1, -0.05) is 0 Å². The van der Waals surface area contributed by atoms with Crippen LogP contribution in [0.5, 0.6) is 0 Å². The first-order valence-electron chi connectivity index (χ1n) is 5.68. The fourth-order valence-electron chi connectivity index (χ4n) is 1.88. The minimum atomic E-state index is 0.0919. The molecule has 0 bridgehead atoms. The third-order valence-corrected chi connectivity index (χ3v) is 3.25. The van der Waals surface area contributed by atoms with Crippen LogP contribution in [-0.2, 0) is 12.0 Å². The van der Waals surface area contributed by atoms with Crippen molar-refractivity contribution in [2.45, 2.75) is 51.1 Å². The quantitative estimate of drug-likeness (QED) is 0.821. The van der Waals surface area contributed by atoms with E-state index in [-0.39, 0.29) is 5.54 Å². The Balaban J connectivity index is 2.08. The van der Waals surface area contributed by atoms with Crippen LogP contribution in [0.15, 0.2) is 12.4 Å². The van der Waals surface area contributed by atoms with Gasteiger partial charge in [0.05, 0.1) is 11.7 Å².